The summed E-state index contributed by atoms with van der Waals surface area (Å²) in [6, 6.07) is 12.9. The summed E-state index contributed by atoms with van der Waals surface area (Å²) < 4.78 is 27.4. The molecule has 4 rings (SSSR count). The second-order valence-corrected chi connectivity index (χ2v) is 8.83. The Kier molecular flexibility index (Phi) is 4.32. The third-order valence-corrected chi connectivity index (χ3v) is 7.29. The number of benzene rings is 2. The first-order chi connectivity index (χ1) is 12.5. The molecule has 0 unspecified atom stereocenters. The molecular formula is C20H22N2O3S. The molecule has 0 N–H and O–H groups in total. The lowest BCUT2D eigenvalue weighted by molar-refractivity contribution is 0.0989. The highest BCUT2D eigenvalue weighted by atomic mass is 32.2. The Morgan fingerprint density at radius 3 is 2.50 bits per heavy atom. The first kappa shape index (κ1) is 17.2. The number of aryl methyl sites for hydroxylation is 1. The Labute approximate surface area is 154 Å². The highest BCUT2D eigenvalue weighted by molar-refractivity contribution is 7.89. The zero-order chi connectivity index (χ0) is 18.3. The van der Waals surface area contributed by atoms with E-state index in [0.29, 0.717) is 30.8 Å². The summed E-state index contributed by atoms with van der Waals surface area (Å²) in [5, 5.41) is 0. The van der Waals surface area contributed by atoms with Gasteiger partial charge >= 0.3 is 0 Å². The zero-order valence-electron chi connectivity index (χ0n) is 14.8. The predicted molar refractivity (Wildman–Crippen MR) is 101 cm³/mol. The molecule has 1 saturated heterocycles. The molecule has 2 aromatic carbocycles. The average Bonchev–Trinajstić information content (AvgIpc) is 3.31. The van der Waals surface area contributed by atoms with Crippen LogP contribution in [-0.4, -0.2) is 38.3 Å². The maximum Gasteiger partial charge on any atom is 0.258 e. The van der Waals surface area contributed by atoms with Crippen LogP contribution in [0.5, 0.6) is 0 Å². The number of sulfonamides is 1. The van der Waals surface area contributed by atoms with Gasteiger partial charge in [-0.15, -0.1) is 0 Å². The molecule has 0 saturated carbocycles. The lowest BCUT2D eigenvalue weighted by atomic mass is 10.1. The minimum Gasteiger partial charge on any atom is -0.308 e. The Hall–Kier alpha value is -2.18. The molecule has 2 heterocycles. The average molecular weight is 370 g/mol. The van der Waals surface area contributed by atoms with Gasteiger partial charge in [0.25, 0.3) is 5.91 Å². The smallest absolute Gasteiger partial charge is 0.258 e. The van der Waals surface area contributed by atoms with E-state index in [4.69, 9.17) is 0 Å². The number of fused-ring (bicyclic) bond motifs is 1. The number of anilines is 1. The van der Waals surface area contributed by atoms with Crippen LogP contribution in [0.15, 0.2) is 47.4 Å². The largest absolute Gasteiger partial charge is 0.308 e. The molecule has 0 radical (unpaired) electrons. The molecule has 0 atom stereocenters. The molecule has 0 aromatic heterocycles. The maximum absolute atomic E-state index is 13.0. The van der Waals surface area contributed by atoms with Crippen molar-refractivity contribution in [3.8, 4) is 0 Å². The number of hydrogen-bond acceptors (Lipinski definition) is 3. The van der Waals surface area contributed by atoms with Gasteiger partial charge in [0.05, 0.1) is 4.90 Å². The fourth-order valence-corrected chi connectivity index (χ4v) is 5.55. The van der Waals surface area contributed by atoms with E-state index in [-0.39, 0.29) is 10.8 Å². The fourth-order valence-electron chi connectivity index (χ4n) is 3.78. The summed E-state index contributed by atoms with van der Waals surface area (Å²) >= 11 is 0. The Balaban J connectivity index is 1.70. The van der Waals surface area contributed by atoms with Crippen molar-refractivity contribution in [3.05, 3.63) is 59.2 Å². The Morgan fingerprint density at radius 2 is 1.73 bits per heavy atom. The highest BCUT2D eigenvalue weighted by Gasteiger charge is 2.30. The first-order valence-electron chi connectivity index (χ1n) is 8.99. The number of para-hydroxylation sites is 1. The standard InChI is InChI=1S/C20H22N2O3S/c1-15-8-9-17(14-19(15)26(24,25)21-11-4-5-12-21)20(23)22-13-10-16-6-2-3-7-18(16)22/h2-3,6-9,14H,4-5,10-13H2,1H3. The fraction of sp³-hybridized carbons (Fsp3) is 0.350. The van der Waals surface area contributed by atoms with E-state index >= 15 is 0 Å². The zero-order valence-corrected chi connectivity index (χ0v) is 15.6. The first-order valence-corrected chi connectivity index (χ1v) is 10.4. The van der Waals surface area contributed by atoms with Crippen LogP contribution in [0.1, 0.15) is 34.3 Å². The number of nitrogens with zero attached hydrogens (tertiary/aromatic N) is 2. The second kappa shape index (κ2) is 6.52. The summed E-state index contributed by atoms with van der Waals surface area (Å²) in [6.45, 7) is 3.52. The van der Waals surface area contributed by atoms with E-state index in [0.717, 1.165) is 30.5 Å². The molecule has 5 nitrogen and oxygen atoms in total. The quantitative estimate of drug-likeness (QED) is 0.835. The molecule has 0 aliphatic carbocycles. The van der Waals surface area contributed by atoms with Gasteiger partial charge in [-0.05, 0) is 55.5 Å². The van der Waals surface area contributed by atoms with Crippen molar-refractivity contribution >= 4 is 21.6 Å². The summed E-state index contributed by atoms with van der Waals surface area (Å²) in [5.41, 5.74) is 3.17. The topological polar surface area (TPSA) is 57.7 Å². The number of carbonyl (C=O) groups is 1. The van der Waals surface area contributed by atoms with Crippen molar-refractivity contribution in [2.24, 2.45) is 0 Å². The highest BCUT2D eigenvalue weighted by Crippen LogP contribution is 2.30. The Morgan fingerprint density at radius 1 is 1.00 bits per heavy atom. The van der Waals surface area contributed by atoms with Crippen LogP contribution < -0.4 is 4.90 Å². The van der Waals surface area contributed by atoms with Crippen LogP contribution in [0.2, 0.25) is 0 Å². The SMILES string of the molecule is Cc1ccc(C(=O)N2CCc3ccccc32)cc1S(=O)(=O)N1CCCC1. The molecule has 0 spiro atoms. The van der Waals surface area contributed by atoms with Gasteiger partial charge in [-0.25, -0.2) is 8.42 Å². The molecule has 136 valence electrons. The van der Waals surface area contributed by atoms with E-state index in [1.807, 2.05) is 24.3 Å². The van der Waals surface area contributed by atoms with Gasteiger partial charge in [-0.2, -0.15) is 4.31 Å². The second-order valence-electron chi connectivity index (χ2n) is 6.93. The van der Waals surface area contributed by atoms with Crippen molar-refractivity contribution in [1.29, 1.82) is 0 Å². The van der Waals surface area contributed by atoms with E-state index in [1.54, 1.807) is 30.0 Å². The summed E-state index contributed by atoms with van der Waals surface area (Å²) in [6.07, 6.45) is 2.61. The third kappa shape index (κ3) is 2.83. The van der Waals surface area contributed by atoms with Crippen LogP contribution in [0.25, 0.3) is 0 Å². The molecule has 2 aliphatic heterocycles. The molecule has 2 aromatic rings. The lowest BCUT2D eigenvalue weighted by Crippen LogP contribution is -2.30. The normalized spacial score (nSPS) is 17.5. The van der Waals surface area contributed by atoms with Gasteiger partial charge < -0.3 is 4.90 Å². The molecule has 1 amide bonds. The summed E-state index contributed by atoms with van der Waals surface area (Å²) in [4.78, 5) is 15.0. The van der Waals surface area contributed by atoms with Crippen LogP contribution in [0, 0.1) is 6.92 Å². The van der Waals surface area contributed by atoms with E-state index in [9.17, 15) is 13.2 Å². The number of amides is 1. The van der Waals surface area contributed by atoms with Crippen molar-refractivity contribution < 1.29 is 13.2 Å². The monoisotopic (exact) mass is 370 g/mol. The number of hydrogen-bond donors (Lipinski definition) is 0. The summed E-state index contributed by atoms with van der Waals surface area (Å²) in [7, 11) is -3.55. The van der Waals surface area contributed by atoms with Gasteiger partial charge in [0.1, 0.15) is 0 Å². The molecule has 0 bridgehead atoms. The van der Waals surface area contributed by atoms with Crippen LogP contribution in [0.4, 0.5) is 5.69 Å². The van der Waals surface area contributed by atoms with Crippen molar-refractivity contribution in [3.63, 3.8) is 0 Å². The minimum atomic E-state index is -3.55. The number of rotatable bonds is 3. The van der Waals surface area contributed by atoms with Crippen LogP contribution in [0.3, 0.4) is 0 Å². The molecule has 26 heavy (non-hydrogen) atoms. The van der Waals surface area contributed by atoms with Crippen molar-refractivity contribution in [1.82, 2.24) is 4.31 Å². The van der Waals surface area contributed by atoms with Gasteiger partial charge in [-0.3, -0.25) is 4.79 Å². The van der Waals surface area contributed by atoms with Gasteiger partial charge in [-0.1, -0.05) is 24.3 Å². The molecule has 1 fully saturated rings. The summed E-state index contributed by atoms with van der Waals surface area (Å²) in [5.74, 6) is -0.146. The van der Waals surface area contributed by atoms with Gasteiger partial charge in [0.15, 0.2) is 0 Å². The number of carbonyl (C=O) groups excluding carboxylic acids is 1. The third-order valence-electron chi connectivity index (χ3n) is 5.25. The predicted octanol–water partition coefficient (Wildman–Crippen LogP) is 2.98. The molecule has 2 aliphatic rings. The van der Waals surface area contributed by atoms with E-state index in [1.165, 1.54) is 4.31 Å². The van der Waals surface area contributed by atoms with Gasteiger partial charge in [0, 0.05) is 30.9 Å². The van der Waals surface area contributed by atoms with Crippen molar-refractivity contribution in [2.45, 2.75) is 31.1 Å². The molecular weight excluding hydrogens is 348 g/mol. The Bertz CT molecular complexity index is 963. The molecule has 6 heteroatoms. The van der Waals surface area contributed by atoms with Crippen LogP contribution >= 0.6 is 0 Å². The lowest BCUT2D eigenvalue weighted by Gasteiger charge is -2.20. The van der Waals surface area contributed by atoms with E-state index in [2.05, 4.69) is 0 Å². The van der Waals surface area contributed by atoms with Crippen molar-refractivity contribution in [2.75, 3.05) is 24.5 Å². The van der Waals surface area contributed by atoms with Crippen LogP contribution in [-0.2, 0) is 16.4 Å². The maximum atomic E-state index is 13.0. The van der Waals surface area contributed by atoms with Gasteiger partial charge in [0.2, 0.25) is 10.0 Å². The minimum absolute atomic E-state index is 0.146. The van der Waals surface area contributed by atoms with E-state index < -0.39 is 10.0 Å².